The van der Waals surface area contributed by atoms with Gasteiger partial charge in [0, 0.05) is 39.8 Å². The van der Waals surface area contributed by atoms with Gasteiger partial charge >= 0.3 is 0 Å². The average Bonchev–Trinajstić information content (AvgIpc) is 2.93. The molecule has 0 aliphatic carbocycles. The summed E-state index contributed by atoms with van der Waals surface area (Å²) in [5.74, 6) is 0.896. The third kappa shape index (κ3) is 6.28. The fraction of sp³-hybridized carbons (Fsp3) is 0.867. The number of hydrogen-bond donors (Lipinski definition) is 1. The van der Waals surface area contributed by atoms with Crippen LogP contribution >= 0.6 is 24.0 Å². The Hall–Kier alpha value is -0.570. The van der Waals surface area contributed by atoms with Crippen LogP contribution in [0.2, 0.25) is 0 Å². The van der Waals surface area contributed by atoms with Crippen molar-refractivity contribution in [1.82, 2.24) is 20.0 Å². The summed E-state index contributed by atoms with van der Waals surface area (Å²) in [5, 5.41) is 3.30. The Balaban J connectivity index is 0.00000441. The van der Waals surface area contributed by atoms with Gasteiger partial charge < -0.3 is 15.1 Å². The molecule has 1 N–H and O–H groups in total. The molecule has 1 aliphatic heterocycles. The third-order valence-electron chi connectivity index (χ3n) is 3.99. The number of likely N-dealkylation sites (tertiary alicyclic amines) is 1. The van der Waals surface area contributed by atoms with E-state index in [1.807, 2.05) is 0 Å². The van der Waals surface area contributed by atoms with Crippen molar-refractivity contribution in [2.45, 2.75) is 33.2 Å². The smallest absolute Gasteiger partial charge is 0.243 e. The maximum absolute atomic E-state index is 11.7. The average molecular weight is 425 g/mol. The molecule has 1 saturated heterocycles. The maximum Gasteiger partial charge on any atom is 0.243 e. The van der Waals surface area contributed by atoms with Crippen molar-refractivity contribution in [3.63, 3.8) is 0 Å². The zero-order valence-electron chi connectivity index (χ0n) is 14.6. The monoisotopic (exact) mass is 425 g/mol. The molecule has 1 aliphatic rings. The molecule has 1 rings (SSSR count). The first-order valence-corrected chi connectivity index (χ1v) is 8.00. The molecule has 0 bridgehead atoms. The molecule has 22 heavy (non-hydrogen) atoms. The summed E-state index contributed by atoms with van der Waals surface area (Å²) in [6, 6.07) is 0.591. The number of rotatable bonds is 6. The van der Waals surface area contributed by atoms with E-state index in [2.05, 4.69) is 40.9 Å². The number of carbonyl (C=O) groups is 1. The second-order valence-corrected chi connectivity index (χ2v) is 5.57. The standard InChI is InChI=1S/C15H31N5O.HI/c1-6-16-15(17-11-14(21)18(4)5)20-10-9-13(12-20)19(7-2)8-3;/h13H,6-12H2,1-5H3,(H,16,17);1H. The van der Waals surface area contributed by atoms with Gasteiger partial charge in [0.25, 0.3) is 0 Å². The molecule has 1 fully saturated rings. The van der Waals surface area contributed by atoms with Crippen molar-refractivity contribution in [1.29, 1.82) is 0 Å². The van der Waals surface area contributed by atoms with Crippen LogP contribution in [0.1, 0.15) is 27.2 Å². The van der Waals surface area contributed by atoms with Gasteiger partial charge in [-0.05, 0) is 26.4 Å². The van der Waals surface area contributed by atoms with Crippen LogP contribution < -0.4 is 5.32 Å². The molecule has 6 nitrogen and oxygen atoms in total. The second-order valence-electron chi connectivity index (χ2n) is 5.57. The largest absolute Gasteiger partial charge is 0.357 e. The Morgan fingerprint density at radius 3 is 2.41 bits per heavy atom. The first-order chi connectivity index (χ1) is 10.0. The molecule has 0 aromatic carbocycles. The summed E-state index contributed by atoms with van der Waals surface area (Å²) in [5.41, 5.74) is 0. The maximum atomic E-state index is 11.7. The third-order valence-corrected chi connectivity index (χ3v) is 3.99. The minimum atomic E-state index is 0. The lowest BCUT2D eigenvalue weighted by Crippen LogP contribution is -2.43. The van der Waals surface area contributed by atoms with Crippen molar-refractivity contribution < 1.29 is 4.79 Å². The molecule has 7 heteroatoms. The van der Waals surface area contributed by atoms with Crippen LogP contribution in [-0.2, 0) is 4.79 Å². The highest BCUT2D eigenvalue weighted by atomic mass is 127. The number of aliphatic imine (C=N–C) groups is 1. The lowest BCUT2D eigenvalue weighted by molar-refractivity contribution is -0.127. The van der Waals surface area contributed by atoms with Gasteiger partial charge in [0.1, 0.15) is 6.54 Å². The van der Waals surface area contributed by atoms with Crippen molar-refractivity contribution in [3.05, 3.63) is 0 Å². The first-order valence-electron chi connectivity index (χ1n) is 8.00. The summed E-state index contributed by atoms with van der Waals surface area (Å²) >= 11 is 0. The molecule has 1 unspecified atom stereocenters. The molecule has 0 spiro atoms. The number of amides is 1. The molecule has 1 heterocycles. The second kappa shape index (κ2) is 11.0. The van der Waals surface area contributed by atoms with E-state index in [1.165, 1.54) is 0 Å². The highest BCUT2D eigenvalue weighted by molar-refractivity contribution is 14.0. The highest BCUT2D eigenvalue weighted by Crippen LogP contribution is 2.15. The van der Waals surface area contributed by atoms with E-state index in [0.29, 0.717) is 6.04 Å². The van der Waals surface area contributed by atoms with Gasteiger partial charge in [-0.25, -0.2) is 4.99 Å². The van der Waals surface area contributed by atoms with Gasteiger partial charge in [0.15, 0.2) is 5.96 Å². The van der Waals surface area contributed by atoms with Gasteiger partial charge in [-0.2, -0.15) is 0 Å². The lowest BCUT2D eigenvalue weighted by atomic mass is 10.2. The molecule has 0 radical (unpaired) electrons. The van der Waals surface area contributed by atoms with E-state index in [0.717, 1.165) is 45.1 Å². The zero-order valence-corrected chi connectivity index (χ0v) is 17.0. The van der Waals surface area contributed by atoms with Gasteiger partial charge in [0.2, 0.25) is 5.91 Å². The topological polar surface area (TPSA) is 51.2 Å². The highest BCUT2D eigenvalue weighted by Gasteiger charge is 2.28. The Morgan fingerprint density at radius 2 is 1.91 bits per heavy atom. The molecule has 1 amide bonds. The van der Waals surface area contributed by atoms with E-state index < -0.39 is 0 Å². The minimum Gasteiger partial charge on any atom is -0.357 e. The van der Waals surface area contributed by atoms with E-state index in [4.69, 9.17) is 0 Å². The summed E-state index contributed by atoms with van der Waals surface area (Å²) in [7, 11) is 3.52. The number of guanidine groups is 1. The number of hydrogen-bond acceptors (Lipinski definition) is 3. The van der Waals surface area contributed by atoms with Gasteiger partial charge in [0.05, 0.1) is 0 Å². The van der Waals surface area contributed by atoms with Gasteiger partial charge in [-0.3, -0.25) is 9.69 Å². The van der Waals surface area contributed by atoms with Crippen LogP contribution in [0.5, 0.6) is 0 Å². The van der Waals surface area contributed by atoms with E-state index in [-0.39, 0.29) is 36.4 Å². The molecule has 130 valence electrons. The van der Waals surface area contributed by atoms with Crippen LogP contribution in [0.25, 0.3) is 0 Å². The number of carbonyl (C=O) groups excluding carboxylic acids is 1. The van der Waals surface area contributed by atoms with Crippen LogP contribution in [0.3, 0.4) is 0 Å². The van der Waals surface area contributed by atoms with Crippen LogP contribution in [0.4, 0.5) is 0 Å². The molecule has 1 atom stereocenters. The zero-order chi connectivity index (χ0) is 15.8. The van der Waals surface area contributed by atoms with Crippen molar-refractivity contribution >= 4 is 35.8 Å². The summed E-state index contributed by atoms with van der Waals surface area (Å²) in [6.45, 7) is 11.7. The minimum absolute atomic E-state index is 0. The predicted molar refractivity (Wildman–Crippen MR) is 103 cm³/mol. The fourth-order valence-electron chi connectivity index (χ4n) is 2.68. The molecule has 0 saturated carbocycles. The molecule has 0 aromatic heterocycles. The quantitative estimate of drug-likeness (QED) is 0.393. The number of halogens is 1. The number of nitrogens with zero attached hydrogens (tertiary/aromatic N) is 4. The fourth-order valence-corrected chi connectivity index (χ4v) is 2.68. The Kier molecular flexibility index (Phi) is 10.8. The Morgan fingerprint density at radius 1 is 1.27 bits per heavy atom. The van der Waals surface area contributed by atoms with E-state index in [1.54, 1.807) is 19.0 Å². The summed E-state index contributed by atoms with van der Waals surface area (Å²) in [4.78, 5) is 22.5. The lowest BCUT2D eigenvalue weighted by Gasteiger charge is -2.27. The van der Waals surface area contributed by atoms with Crippen molar-refractivity contribution in [2.24, 2.45) is 4.99 Å². The van der Waals surface area contributed by atoms with Crippen molar-refractivity contribution in [3.8, 4) is 0 Å². The predicted octanol–water partition coefficient (Wildman–Crippen LogP) is 1.07. The molecule has 0 aromatic rings. The summed E-state index contributed by atoms with van der Waals surface area (Å²) in [6.07, 6.45) is 1.16. The number of likely N-dealkylation sites (N-methyl/N-ethyl adjacent to an activating group) is 2. The first kappa shape index (κ1) is 21.4. The van der Waals surface area contributed by atoms with Crippen LogP contribution in [0.15, 0.2) is 4.99 Å². The van der Waals surface area contributed by atoms with Crippen LogP contribution in [0, 0.1) is 0 Å². The molecular formula is C15H32IN5O. The SMILES string of the molecule is CCNC(=NCC(=O)N(C)C)N1CCC(N(CC)CC)C1.I. The van der Waals surface area contributed by atoms with E-state index in [9.17, 15) is 4.79 Å². The number of nitrogens with one attached hydrogen (secondary N) is 1. The van der Waals surface area contributed by atoms with Gasteiger partial charge in [-0.1, -0.05) is 13.8 Å². The van der Waals surface area contributed by atoms with Crippen LogP contribution in [-0.4, -0.2) is 86.0 Å². The summed E-state index contributed by atoms with van der Waals surface area (Å²) < 4.78 is 0. The van der Waals surface area contributed by atoms with Crippen molar-refractivity contribution in [2.75, 3.05) is 53.4 Å². The normalized spacial score (nSPS) is 18.4. The Labute approximate surface area is 152 Å². The van der Waals surface area contributed by atoms with E-state index >= 15 is 0 Å². The molecular weight excluding hydrogens is 393 g/mol. The van der Waals surface area contributed by atoms with Gasteiger partial charge in [-0.15, -0.1) is 24.0 Å². The Bertz CT molecular complexity index is 358.